The van der Waals surface area contributed by atoms with Crippen LogP contribution >= 0.6 is 0 Å². The maximum absolute atomic E-state index is 11.9. The molecule has 148 valence electrons. The molecule has 0 aromatic rings. The lowest BCUT2D eigenvalue weighted by Gasteiger charge is -2.18. The molecule has 0 rings (SSSR count). The Morgan fingerprint density at radius 2 is 1.58 bits per heavy atom. The standard InChI is InChI=1S/C15H27N5O6/c1-7(2)4-9(16)14(24)19-8(3)13(23)18-6-12(22)20-10(15(25)26)5-11(17)21/h7-10H,4-6,16H2,1-3H3,(H2,17,21)(H,18,23)(H,19,24)(H,20,22)(H,25,26). The van der Waals surface area contributed by atoms with Crippen molar-refractivity contribution in [1.82, 2.24) is 16.0 Å². The van der Waals surface area contributed by atoms with Crippen LogP contribution in [0.4, 0.5) is 0 Å². The molecule has 0 aliphatic rings. The molecule has 11 nitrogen and oxygen atoms in total. The molecule has 0 bridgehead atoms. The number of carboxylic acids is 1. The highest BCUT2D eigenvalue weighted by atomic mass is 16.4. The van der Waals surface area contributed by atoms with Gasteiger partial charge in [0, 0.05) is 0 Å². The van der Waals surface area contributed by atoms with Gasteiger partial charge >= 0.3 is 5.97 Å². The molecule has 0 spiro atoms. The average molecular weight is 373 g/mol. The predicted octanol–water partition coefficient (Wildman–Crippen LogP) is -2.57. The Kier molecular flexibility index (Phi) is 9.89. The van der Waals surface area contributed by atoms with Crippen LogP contribution in [0, 0.1) is 5.92 Å². The van der Waals surface area contributed by atoms with Gasteiger partial charge in [-0.25, -0.2) is 4.79 Å². The number of nitrogens with one attached hydrogen (secondary N) is 3. The van der Waals surface area contributed by atoms with Gasteiger partial charge in [-0.15, -0.1) is 0 Å². The van der Waals surface area contributed by atoms with Gasteiger partial charge in [-0.1, -0.05) is 13.8 Å². The molecule has 3 unspecified atom stereocenters. The first-order valence-corrected chi connectivity index (χ1v) is 8.08. The highest BCUT2D eigenvalue weighted by Gasteiger charge is 2.24. The van der Waals surface area contributed by atoms with Gasteiger partial charge in [-0.2, -0.15) is 0 Å². The summed E-state index contributed by atoms with van der Waals surface area (Å²) < 4.78 is 0. The molecule has 0 aliphatic carbocycles. The molecule has 0 aromatic heterocycles. The zero-order valence-electron chi connectivity index (χ0n) is 15.1. The fraction of sp³-hybridized carbons (Fsp3) is 0.667. The van der Waals surface area contributed by atoms with E-state index in [1.165, 1.54) is 6.92 Å². The molecule has 0 heterocycles. The SMILES string of the molecule is CC(C)CC(N)C(=O)NC(C)C(=O)NCC(=O)NC(CC(N)=O)C(=O)O. The third-order valence-corrected chi connectivity index (χ3v) is 3.28. The Hall–Kier alpha value is -2.69. The number of aliphatic carboxylic acids is 1. The predicted molar refractivity (Wildman–Crippen MR) is 91.4 cm³/mol. The molecular formula is C15H27N5O6. The number of carbonyl (C=O) groups excluding carboxylic acids is 4. The number of carboxylic acid groups (broad SMARTS) is 1. The van der Waals surface area contributed by atoms with Crippen LogP contribution in [0.15, 0.2) is 0 Å². The van der Waals surface area contributed by atoms with Gasteiger partial charge in [0.05, 0.1) is 19.0 Å². The zero-order valence-corrected chi connectivity index (χ0v) is 15.1. The number of carbonyl (C=O) groups is 5. The number of nitrogens with two attached hydrogens (primary N) is 2. The van der Waals surface area contributed by atoms with E-state index in [-0.39, 0.29) is 5.92 Å². The van der Waals surface area contributed by atoms with E-state index in [0.29, 0.717) is 6.42 Å². The van der Waals surface area contributed by atoms with Crippen LogP contribution in [-0.2, 0) is 24.0 Å². The summed E-state index contributed by atoms with van der Waals surface area (Å²) in [6.07, 6.45) is -0.117. The fourth-order valence-electron chi connectivity index (χ4n) is 1.97. The smallest absolute Gasteiger partial charge is 0.326 e. The van der Waals surface area contributed by atoms with Crippen molar-refractivity contribution >= 4 is 29.6 Å². The van der Waals surface area contributed by atoms with Crippen molar-refractivity contribution < 1.29 is 29.1 Å². The third-order valence-electron chi connectivity index (χ3n) is 3.28. The lowest BCUT2D eigenvalue weighted by atomic mass is 10.0. The Morgan fingerprint density at radius 1 is 1.00 bits per heavy atom. The highest BCUT2D eigenvalue weighted by molar-refractivity contribution is 5.93. The quantitative estimate of drug-likeness (QED) is 0.229. The first-order chi connectivity index (χ1) is 11.9. The monoisotopic (exact) mass is 373 g/mol. The molecule has 26 heavy (non-hydrogen) atoms. The van der Waals surface area contributed by atoms with Crippen LogP contribution in [0.3, 0.4) is 0 Å². The van der Waals surface area contributed by atoms with Crippen LogP contribution in [-0.4, -0.2) is 59.4 Å². The van der Waals surface area contributed by atoms with Gasteiger partial charge in [0.1, 0.15) is 12.1 Å². The summed E-state index contributed by atoms with van der Waals surface area (Å²) in [6, 6.07) is -3.17. The van der Waals surface area contributed by atoms with E-state index in [1.807, 2.05) is 13.8 Å². The van der Waals surface area contributed by atoms with Crippen LogP contribution in [0.25, 0.3) is 0 Å². The molecule has 0 saturated heterocycles. The van der Waals surface area contributed by atoms with E-state index in [9.17, 15) is 24.0 Å². The molecule has 11 heteroatoms. The van der Waals surface area contributed by atoms with Gasteiger partial charge < -0.3 is 32.5 Å². The summed E-state index contributed by atoms with van der Waals surface area (Å²) in [5, 5.41) is 15.6. The first-order valence-electron chi connectivity index (χ1n) is 8.08. The summed E-state index contributed by atoms with van der Waals surface area (Å²) in [5.41, 5.74) is 10.6. The maximum atomic E-state index is 11.9. The zero-order chi connectivity index (χ0) is 20.4. The molecular weight excluding hydrogens is 346 g/mol. The Morgan fingerprint density at radius 3 is 2.04 bits per heavy atom. The van der Waals surface area contributed by atoms with Gasteiger partial charge in [0.25, 0.3) is 0 Å². The summed E-state index contributed by atoms with van der Waals surface area (Å²) in [6.45, 7) is 4.70. The van der Waals surface area contributed by atoms with Gasteiger partial charge in [-0.05, 0) is 19.3 Å². The minimum Gasteiger partial charge on any atom is -0.480 e. The van der Waals surface area contributed by atoms with E-state index >= 15 is 0 Å². The summed E-state index contributed by atoms with van der Waals surface area (Å²) in [7, 11) is 0. The minimum atomic E-state index is -1.48. The number of amides is 4. The summed E-state index contributed by atoms with van der Waals surface area (Å²) in [5.74, 6) is -4.06. The van der Waals surface area contributed by atoms with Crippen LogP contribution in [0.5, 0.6) is 0 Å². The molecule has 0 aliphatic heterocycles. The molecule has 0 saturated carbocycles. The molecule has 0 aromatic carbocycles. The van der Waals surface area contributed by atoms with Crippen molar-refractivity contribution in [2.75, 3.05) is 6.54 Å². The molecule has 0 radical (unpaired) electrons. The third kappa shape index (κ3) is 9.57. The molecule has 3 atom stereocenters. The van der Waals surface area contributed by atoms with Gasteiger partial charge in [-0.3, -0.25) is 19.2 Å². The second-order valence-electron chi connectivity index (χ2n) is 6.31. The van der Waals surface area contributed by atoms with Crippen molar-refractivity contribution in [1.29, 1.82) is 0 Å². The second-order valence-corrected chi connectivity index (χ2v) is 6.31. The fourth-order valence-corrected chi connectivity index (χ4v) is 1.97. The van der Waals surface area contributed by atoms with Gasteiger partial charge in [0.2, 0.25) is 23.6 Å². The number of primary amides is 1. The van der Waals surface area contributed by atoms with Crippen molar-refractivity contribution in [3.63, 3.8) is 0 Å². The summed E-state index contributed by atoms with van der Waals surface area (Å²) >= 11 is 0. The van der Waals surface area contributed by atoms with E-state index in [0.717, 1.165) is 0 Å². The van der Waals surface area contributed by atoms with Crippen LogP contribution in [0.2, 0.25) is 0 Å². The van der Waals surface area contributed by atoms with E-state index in [4.69, 9.17) is 16.6 Å². The lowest BCUT2D eigenvalue weighted by molar-refractivity contribution is -0.143. The maximum Gasteiger partial charge on any atom is 0.326 e. The largest absolute Gasteiger partial charge is 0.480 e. The van der Waals surface area contributed by atoms with E-state index in [1.54, 1.807) is 0 Å². The van der Waals surface area contributed by atoms with Crippen molar-refractivity contribution in [2.45, 2.75) is 51.7 Å². The molecule has 0 fully saturated rings. The normalized spacial score (nSPS) is 14.0. The Balaban J connectivity index is 4.41. The first kappa shape index (κ1) is 23.3. The average Bonchev–Trinajstić information content (AvgIpc) is 2.50. The van der Waals surface area contributed by atoms with Crippen LogP contribution in [0.1, 0.15) is 33.6 Å². The van der Waals surface area contributed by atoms with Gasteiger partial charge in [0.15, 0.2) is 0 Å². The van der Waals surface area contributed by atoms with Crippen LogP contribution < -0.4 is 27.4 Å². The number of hydrogen-bond donors (Lipinski definition) is 6. The number of rotatable bonds is 11. The van der Waals surface area contributed by atoms with Crippen molar-refractivity contribution in [2.24, 2.45) is 17.4 Å². The Labute approximate surface area is 151 Å². The number of hydrogen-bond acceptors (Lipinski definition) is 6. The van der Waals surface area contributed by atoms with E-state index in [2.05, 4.69) is 16.0 Å². The van der Waals surface area contributed by atoms with Crippen molar-refractivity contribution in [3.05, 3.63) is 0 Å². The lowest BCUT2D eigenvalue weighted by Crippen LogP contribution is -2.52. The Bertz CT molecular complexity index is 551. The minimum absolute atomic E-state index is 0.214. The van der Waals surface area contributed by atoms with Crippen molar-refractivity contribution in [3.8, 4) is 0 Å². The topological polar surface area (TPSA) is 194 Å². The van der Waals surface area contributed by atoms with E-state index < -0.39 is 60.7 Å². The molecule has 8 N–H and O–H groups in total. The molecule has 4 amide bonds. The second kappa shape index (κ2) is 11.0. The highest BCUT2D eigenvalue weighted by Crippen LogP contribution is 2.02. The summed E-state index contributed by atoms with van der Waals surface area (Å²) in [4.78, 5) is 57.1.